The molecule has 114 valence electrons. The molecule has 0 saturated heterocycles. The Morgan fingerprint density at radius 3 is 2.65 bits per heavy atom. The van der Waals surface area contributed by atoms with Crippen LogP contribution in [0.3, 0.4) is 0 Å². The molecule has 0 bridgehead atoms. The van der Waals surface area contributed by atoms with Gasteiger partial charge in [-0.05, 0) is 19.4 Å². The summed E-state index contributed by atoms with van der Waals surface area (Å²) in [6.07, 6.45) is -2.62. The van der Waals surface area contributed by atoms with Crippen molar-refractivity contribution in [2.24, 2.45) is 0 Å². The number of thiazole rings is 1. The Kier molecular flexibility index (Phi) is 4.90. The zero-order valence-corrected chi connectivity index (χ0v) is 12.6. The lowest BCUT2D eigenvalue weighted by Gasteiger charge is -2.16. The molecular weight excluding hydrogens is 287 g/mol. The molecule has 3 nitrogen and oxygen atoms in total. The van der Waals surface area contributed by atoms with E-state index in [2.05, 4.69) is 10.3 Å². The molecule has 1 N–H and O–H groups in total. The summed E-state index contributed by atoms with van der Waals surface area (Å²) in [4.78, 5) is 7.34. The van der Waals surface area contributed by atoms with Crippen LogP contribution in [-0.2, 0) is 6.54 Å². The van der Waals surface area contributed by atoms with Crippen LogP contribution in [0.25, 0.3) is 0 Å². The van der Waals surface area contributed by atoms with E-state index in [-0.39, 0.29) is 6.54 Å². The summed E-state index contributed by atoms with van der Waals surface area (Å²) in [5.41, 5.74) is 1.09. The number of rotatable bonds is 7. The van der Waals surface area contributed by atoms with Gasteiger partial charge in [-0.2, -0.15) is 13.2 Å². The lowest BCUT2D eigenvalue weighted by molar-refractivity contribution is -0.132. The van der Waals surface area contributed by atoms with Gasteiger partial charge in [0.25, 0.3) is 0 Å². The van der Waals surface area contributed by atoms with Gasteiger partial charge in [-0.3, -0.25) is 0 Å². The molecule has 1 heterocycles. The van der Waals surface area contributed by atoms with Gasteiger partial charge in [-0.15, -0.1) is 11.3 Å². The van der Waals surface area contributed by atoms with Crippen molar-refractivity contribution in [1.29, 1.82) is 0 Å². The van der Waals surface area contributed by atoms with Crippen molar-refractivity contribution in [1.82, 2.24) is 10.3 Å². The van der Waals surface area contributed by atoms with Crippen molar-refractivity contribution < 1.29 is 13.2 Å². The van der Waals surface area contributed by atoms with Crippen LogP contribution < -0.4 is 10.2 Å². The molecule has 2 rings (SSSR count). The second-order valence-corrected chi connectivity index (χ2v) is 6.21. The zero-order valence-electron chi connectivity index (χ0n) is 11.8. The number of aromatic nitrogens is 1. The van der Waals surface area contributed by atoms with Gasteiger partial charge in [0.05, 0.1) is 12.1 Å². The van der Waals surface area contributed by atoms with Gasteiger partial charge in [-0.25, -0.2) is 4.98 Å². The third-order valence-corrected chi connectivity index (χ3v) is 4.46. The van der Waals surface area contributed by atoms with Crippen LogP contribution in [-0.4, -0.2) is 31.3 Å². The molecule has 1 aliphatic carbocycles. The fraction of sp³-hybridized carbons (Fsp3) is 0.769. The van der Waals surface area contributed by atoms with E-state index in [1.165, 1.54) is 16.2 Å². The molecule has 0 unspecified atom stereocenters. The SMILES string of the molecule is CCNCc1sc(N(C)CCC(F)(F)F)nc1C1CC1. The first-order valence-electron chi connectivity index (χ1n) is 6.89. The second-order valence-electron chi connectivity index (χ2n) is 5.15. The predicted octanol–water partition coefficient (Wildman–Crippen LogP) is 3.52. The third kappa shape index (κ3) is 4.34. The summed E-state index contributed by atoms with van der Waals surface area (Å²) < 4.78 is 36.8. The van der Waals surface area contributed by atoms with E-state index < -0.39 is 12.6 Å². The van der Waals surface area contributed by atoms with Crippen LogP contribution >= 0.6 is 11.3 Å². The number of alkyl halides is 3. The average Bonchev–Trinajstić information content (AvgIpc) is 3.13. The van der Waals surface area contributed by atoms with E-state index in [1.54, 1.807) is 11.9 Å². The summed E-state index contributed by atoms with van der Waals surface area (Å²) in [7, 11) is 1.68. The number of hydrogen-bond acceptors (Lipinski definition) is 4. The number of halogens is 3. The maximum absolute atomic E-state index is 12.3. The average molecular weight is 307 g/mol. The van der Waals surface area contributed by atoms with Crippen LogP contribution in [0.1, 0.15) is 42.7 Å². The Morgan fingerprint density at radius 1 is 1.40 bits per heavy atom. The van der Waals surface area contributed by atoms with Gasteiger partial charge in [0, 0.05) is 30.9 Å². The fourth-order valence-electron chi connectivity index (χ4n) is 1.94. The molecule has 1 fully saturated rings. The molecule has 7 heteroatoms. The topological polar surface area (TPSA) is 28.2 Å². The largest absolute Gasteiger partial charge is 0.390 e. The Balaban J connectivity index is 2.03. The molecule has 0 aliphatic heterocycles. The first-order valence-corrected chi connectivity index (χ1v) is 7.70. The zero-order chi connectivity index (χ0) is 14.8. The second kappa shape index (κ2) is 6.30. The molecule has 0 spiro atoms. The summed E-state index contributed by atoms with van der Waals surface area (Å²) in [6.45, 7) is 3.63. The minimum Gasteiger partial charge on any atom is -0.351 e. The van der Waals surface area contributed by atoms with E-state index in [0.717, 1.165) is 31.6 Å². The summed E-state index contributed by atoms with van der Waals surface area (Å²) in [5, 5.41) is 3.97. The maximum Gasteiger partial charge on any atom is 0.390 e. The predicted molar refractivity (Wildman–Crippen MR) is 75.4 cm³/mol. The van der Waals surface area contributed by atoms with Gasteiger partial charge in [0.2, 0.25) is 0 Å². The smallest absolute Gasteiger partial charge is 0.351 e. The van der Waals surface area contributed by atoms with Crippen LogP contribution in [0.15, 0.2) is 0 Å². The minimum atomic E-state index is -4.11. The first kappa shape index (κ1) is 15.6. The fourth-order valence-corrected chi connectivity index (χ4v) is 3.05. The quantitative estimate of drug-likeness (QED) is 0.835. The molecule has 0 aromatic carbocycles. The highest BCUT2D eigenvalue weighted by Gasteiger charge is 2.31. The number of nitrogens with zero attached hydrogens (tertiary/aromatic N) is 2. The highest BCUT2D eigenvalue weighted by molar-refractivity contribution is 7.15. The van der Waals surface area contributed by atoms with Crippen LogP contribution in [0.5, 0.6) is 0 Å². The highest BCUT2D eigenvalue weighted by atomic mass is 32.1. The molecule has 0 radical (unpaired) electrons. The number of nitrogens with one attached hydrogen (secondary N) is 1. The van der Waals surface area contributed by atoms with Gasteiger partial charge >= 0.3 is 6.18 Å². The Hall–Kier alpha value is -0.820. The van der Waals surface area contributed by atoms with E-state index >= 15 is 0 Å². The van der Waals surface area contributed by atoms with Gasteiger partial charge in [0.1, 0.15) is 0 Å². The molecule has 0 atom stereocenters. The van der Waals surface area contributed by atoms with Crippen molar-refractivity contribution in [3.63, 3.8) is 0 Å². The number of hydrogen-bond donors (Lipinski definition) is 1. The Labute approximate surface area is 121 Å². The Bertz CT molecular complexity index is 441. The lowest BCUT2D eigenvalue weighted by atomic mass is 10.2. The molecule has 1 aromatic rings. The van der Waals surface area contributed by atoms with E-state index in [0.29, 0.717) is 11.0 Å². The maximum atomic E-state index is 12.3. The van der Waals surface area contributed by atoms with Crippen molar-refractivity contribution in [2.45, 2.75) is 44.8 Å². The standard InChI is InChI=1S/C13H20F3N3S/c1-3-17-8-10-11(9-4-5-9)18-12(20-10)19(2)7-6-13(14,15)16/h9,17H,3-8H2,1-2H3. The lowest BCUT2D eigenvalue weighted by Crippen LogP contribution is -2.23. The summed E-state index contributed by atoms with van der Waals surface area (Å²) in [6, 6.07) is 0. The summed E-state index contributed by atoms with van der Waals surface area (Å²) in [5.74, 6) is 0.518. The molecular formula is C13H20F3N3S. The normalized spacial score (nSPS) is 15.7. The highest BCUT2D eigenvalue weighted by Crippen LogP contribution is 2.44. The van der Waals surface area contributed by atoms with Crippen LogP contribution in [0.4, 0.5) is 18.3 Å². The minimum absolute atomic E-state index is 0.0399. The third-order valence-electron chi connectivity index (χ3n) is 3.27. The molecule has 1 aliphatic rings. The van der Waals surface area contributed by atoms with E-state index in [9.17, 15) is 13.2 Å². The van der Waals surface area contributed by atoms with Crippen LogP contribution in [0, 0.1) is 0 Å². The molecule has 1 aromatic heterocycles. The van der Waals surface area contributed by atoms with E-state index in [4.69, 9.17) is 0 Å². The molecule has 0 amide bonds. The van der Waals surface area contributed by atoms with Gasteiger partial charge in [-0.1, -0.05) is 6.92 Å². The van der Waals surface area contributed by atoms with Crippen molar-refractivity contribution in [3.8, 4) is 0 Å². The first-order chi connectivity index (χ1) is 9.40. The monoisotopic (exact) mass is 307 g/mol. The van der Waals surface area contributed by atoms with Crippen molar-refractivity contribution in [3.05, 3.63) is 10.6 Å². The van der Waals surface area contributed by atoms with Crippen LogP contribution in [0.2, 0.25) is 0 Å². The van der Waals surface area contributed by atoms with Gasteiger partial charge < -0.3 is 10.2 Å². The summed E-state index contributed by atoms with van der Waals surface area (Å²) >= 11 is 1.51. The Morgan fingerprint density at radius 2 is 2.10 bits per heavy atom. The van der Waals surface area contributed by atoms with Crippen molar-refractivity contribution in [2.75, 3.05) is 25.0 Å². The molecule has 20 heavy (non-hydrogen) atoms. The van der Waals surface area contributed by atoms with Gasteiger partial charge in [0.15, 0.2) is 5.13 Å². The molecule has 1 saturated carbocycles. The van der Waals surface area contributed by atoms with Crippen molar-refractivity contribution >= 4 is 16.5 Å². The number of anilines is 1. The van der Waals surface area contributed by atoms with E-state index in [1.807, 2.05) is 6.92 Å².